The highest BCUT2D eigenvalue weighted by molar-refractivity contribution is 9.11. The lowest BCUT2D eigenvalue weighted by Gasteiger charge is -2.13. The van der Waals surface area contributed by atoms with E-state index in [-0.39, 0.29) is 0 Å². The highest BCUT2D eigenvalue weighted by Crippen LogP contribution is 2.22. The third-order valence-electron chi connectivity index (χ3n) is 2.85. The first-order valence-electron chi connectivity index (χ1n) is 6.52. The number of thiazole rings is 1. The molecule has 0 aliphatic rings. The second-order valence-corrected chi connectivity index (χ2v) is 8.00. The van der Waals surface area contributed by atoms with Crippen molar-refractivity contribution < 1.29 is 0 Å². The number of thiophene rings is 1. The third-order valence-corrected chi connectivity index (χ3v) is 5.36. The Kier molecular flexibility index (Phi) is 6.01. The lowest BCUT2D eigenvalue weighted by atomic mass is 10.3. The van der Waals surface area contributed by atoms with Gasteiger partial charge >= 0.3 is 0 Å². The van der Waals surface area contributed by atoms with Gasteiger partial charge in [0.05, 0.1) is 14.5 Å². The second kappa shape index (κ2) is 7.53. The van der Waals surface area contributed by atoms with Crippen LogP contribution in [-0.4, -0.2) is 16.9 Å². The molecule has 0 unspecified atom stereocenters. The molecule has 0 aliphatic carbocycles. The van der Waals surface area contributed by atoms with Gasteiger partial charge in [-0.05, 0) is 52.8 Å². The van der Waals surface area contributed by atoms with E-state index in [1.807, 2.05) is 0 Å². The molecule has 0 fully saturated rings. The van der Waals surface area contributed by atoms with E-state index in [4.69, 9.17) is 4.98 Å². The summed E-state index contributed by atoms with van der Waals surface area (Å²) in [5, 5.41) is 5.68. The Bertz CT molecular complexity index is 507. The summed E-state index contributed by atoms with van der Waals surface area (Å²) in [4.78, 5) is 7.02. The summed E-state index contributed by atoms with van der Waals surface area (Å²) < 4.78 is 1.20. The van der Waals surface area contributed by atoms with Crippen molar-refractivity contribution in [2.75, 3.05) is 7.05 Å². The van der Waals surface area contributed by atoms with Crippen LogP contribution in [0.1, 0.15) is 36.0 Å². The maximum atomic E-state index is 4.70. The third kappa shape index (κ3) is 4.99. The molecule has 2 heterocycles. The molecule has 2 aromatic heterocycles. The van der Waals surface area contributed by atoms with E-state index in [9.17, 15) is 0 Å². The number of rotatable bonds is 7. The Morgan fingerprint density at radius 3 is 2.79 bits per heavy atom. The summed E-state index contributed by atoms with van der Waals surface area (Å²) in [6.07, 6.45) is 3.61. The highest BCUT2D eigenvalue weighted by atomic mass is 79.9. The van der Waals surface area contributed by atoms with E-state index < -0.39 is 0 Å². The maximum absolute atomic E-state index is 4.70. The van der Waals surface area contributed by atoms with Gasteiger partial charge in [0.15, 0.2) is 0 Å². The number of hydrogen-bond acceptors (Lipinski definition) is 4. The van der Waals surface area contributed by atoms with E-state index in [1.165, 1.54) is 32.9 Å². The first-order valence-corrected chi connectivity index (χ1v) is 9.07. The van der Waals surface area contributed by atoms with E-state index >= 15 is 0 Å². The van der Waals surface area contributed by atoms with Crippen LogP contribution in [0.3, 0.4) is 0 Å². The van der Waals surface area contributed by atoms with Crippen LogP contribution in [0, 0.1) is 0 Å². The van der Waals surface area contributed by atoms with Gasteiger partial charge in [-0.15, -0.1) is 22.7 Å². The van der Waals surface area contributed by atoms with Crippen molar-refractivity contribution >= 4 is 38.6 Å². The Hall–Kier alpha value is -0.230. The standard InChI is InChI=1S/C14H19BrN2S2/c1-3-4-5-14-16-12(10-19-14)8-17(2)7-11-6-13(15)18-9-11/h6,9-10H,3-5,7-8H2,1-2H3. The largest absolute Gasteiger partial charge is 0.296 e. The van der Waals surface area contributed by atoms with Crippen molar-refractivity contribution in [3.8, 4) is 0 Å². The van der Waals surface area contributed by atoms with E-state index in [2.05, 4.69) is 51.6 Å². The minimum Gasteiger partial charge on any atom is -0.296 e. The summed E-state index contributed by atoms with van der Waals surface area (Å²) >= 11 is 7.05. The molecule has 5 heteroatoms. The summed E-state index contributed by atoms with van der Waals surface area (Å²) in [5.74, 6) is 0. The van der Waals surface area contributed by atoms with Crippen LogP contribution in [0.2, 0.25) is 0 Å². The second-order valence-electron chi connectivity index (χ2n) is 4.77. The lowest BCUT2D eigenvalue weighted by Crippen LogP contribution is -2.17. The van der Waals surface area contributed by atoms with Gasteiger partial charge in [-0.25, -0.2) is 4.98 Å². The van der Waals surface area contributed by atoms with Gasteiger partial charge in [0, 0.05) is 18.5 Å². The molecular formula is C14H19BrN2S2. The van der Waals surface area contributed by atoms with Crippen LogP contribution in [0.15, 0.2) is 20.6 Å². The van der Waals surface area contributed by atoms with E-state index in [1.54, 1.807) is 22.7 Å². The molecule has 0 bridgehead atoms. The van der Waals surface area contributed by atoms with Crippen LogP contribution in [0.25, 0.3) is 0 Å². The SMILES string of the molecule is CCCCc1nc(CN(C)Cc2csc(Br)c2)cs1. The first kappa shape index (κ1) is 15.2. The van der Waals surface area contributed by atoms with Crippen LogP contribution < -0.4 is 0 Å². The van der Waals surface area contributed by atoms with Gasteiger partial charge in [0.1, 0.15) is 0 Å². The van der Waals surface area contributed by atoms with Crippen LogP contribution in [0.4, 0.5) is 0 Å². The van der Waals surface area contributed by atoms with Crippen LogP contribution in [-0.2, 0) is 19.5 Å². The van der Waals surface area contributed by atoms with Crippen molar-refractivity contribution in [2.24, 2.45) is 0 Å². The van der Waals surface area contributed by atoms with Gasteiger partial charge in [0.2, 0.25) is 0 Å². The van der Waals surface area contributed by atoms with Gasteiger partial charge in [-0.3, -0.25) is 4.90 Å². The smallest absolute Gasteiger partial charge is 0.0928 e. The summed E-state index contributed by atoms with van der Waals surface area (Å²) in [5.41, 5.74) is 2.56. The Labute approximate surface area is 131 Å². The molecule has 2 rings (SSSR count). The molecule has 0 amide bonds. The predicted molar refractivity (Wildman–Crippen MR) is 87.9 cm³/mol. The molecule has 0 saturated heterocycles. The summed E-state index contributed by atoms with van der Waals surface area (Å²) in [7, 11) is 2.15. The van der Waals surface area contributed by atoms with Crippen molar-refractivity contribution in [2.45, 2.75) is 39.3 Å². The summed E-state index contributed by atoms with van der Waals surface area (Å²) in [6.45, 7) is 4.13. The molecule has 0 spiro atoms. The van der Waals surface area contributed by atoms with Gasteiger partial charge in [-0.1, -0.05) is 13.3 Å². The molecule has 2 aromatic rings. The number of halogens is 1. The molecule has 0 saturated carbocycles. The zero-order valence-corrected chi connectivity index (χ0v) is 14.6. The lowest BCUT2D eigenvalue weighted by molar-refractivity contribution is 0.316. The van der Waals surface area contributed by atoms with Gasteiger partial charge in [0.25, 0.3) is 0 Å². The number of aryl methyl sites for hydroxylation is 1. The summed E-state index contributed by atoms with van der Waals surface area (Å²) in [6, 6.07) is 2.19. The van der Waals surface area contributed by atoms with Crippen molar-refractivity contribution in [3.05, 3.63) is 36.9 Å². The molecule has 0 aromatic carbocycles. The van der Waals surface area contributed by atoms with Crippen molar-refractivity contribution in [3.63, 3.8) is 0 Å². The first-order chi connectivity index (χ1) is 9.17. The van der Waals surface area contributed by atoms with Crippen molar-refractivity contribution in [1.29, 1.82) is 0 Å². The Balaban J connectivity index is 1.84. The zero-order valence-electron chi connectivity index (χ0n) is 11.4. The molecule has 19 heavy (non-hydrogen) atoms. The number of hydrogen-bond donors (Lipinski definition) is 0. The van der Waals surface area contributed by atoms with Gasteiger partial charge in [-0.2, -0.15) is 0 Å². The maximum Gasteiger partial charge on any atom is 0.0928 e. The number of unbranched alkanes of at least 4 members (excludes halogenated alkanes) is 1. The number of nitrogens with zero attached hydrogens (tertiary/aromatic N) is 2. The molecular weight excluding hydrogens is 340 g/mol. The Morgan fingerprint density at radius 2 is 2.11 bits per heavy atom. The fourth-order valence-corrected chi connectivity index (χ4v) is 3.97. The van der Waals surface area contributed by atoms with Crippen LogP contribution >= 0.6 is 38.6 Å². The fraction of sp³-hybridized carbons (Fsp3) is 0.500. The molecule has 2 nitrogen and oxygen atoms in total. The number of aromatic nitrogens is 1. The van der Waals surface area contributed by atoms with Crippen molar-refractivity contribution in [1.82, 2.24) is 9.88 Å². The minimum atomic E-state index is 0.927. The fourth-order valence-electron chi connectivity index (χ4n) is 1.94. The average Bonchev–Trinajstić information content (AvgIpc) is 2.96. The Morgan fingerprint density at radius 1 is 1.26 bits per heavy atom. The molecule has 0 atom stereocenters. The quantitative estimate of drug-likeness (QED) is 0.696. The van der Waals surface area contributed by atoms with E-state index in [0.717, 1.165) is 19.5 Å². The minimum absolute atomic E-state index is 0.927. The predicted octanol–water partition coefficient (Wildman–Crippen LogP) is 4.94. The molecule has 0 N–H and O–H groups in total. The monoisotopic (exact) mass is 358 g/mol. The average molecular weight is 359 g/mol. The highest BCUT2D eigenvalue weighted by Gasteiger charge is 2.07. The molecule has 0 aliphatic heterocycles. The normalized spacial score (nSPS) is 11.4. The van der Waals surface area contributed by atoms with E-state index in [0.29, 0.717) is 0 Å². The topological polar surface area (TPSA) is 16.1 Å². The van der Waals surface area contributed by atoms with Gasteiger partial charge < -0.3 is 0 Å². The van der Waals surface area contributed by atoms with Crippen LogP contribution in [0.5, 0.6) is 0 Å². The molecule has 0 radical (unpaired) electrons. The zero-order chi connectivity index (χ0) is 13.7. The molecule has 104 valence electrons.